The van der Waals surface area contributed by atoms with Gasteiger partial charge in [-0.2, -0.15) is 0 Å². The fourth-order valence-corrected chi connectivity index (χ4v) is 1.59. The van der Waals surface area contributed by atoms with E-state index >= 15 is 0 Å². The van der Waals surface area contributed by atoms with E-state index in [0.717, 1.165) is 0 Å². The van der Waals surface area contributed by atoms with E-state index in [1.54, 1.807) is 0 Å². The van der Waals surface area contributed by atoms with Gasteiger partial charge in [0.25, 0.3) is 0 Å². The summed E-state index contributed by atoms with van der Waals surface area (Å²) in [7, 11) is 0. The molecule has 1 radical (unpaired) electrons. The zero-order valence-corrected chi connectivity index (χ0v) is 6.65. The second-order valence-corrected chi connectivity index (χ2v) is 3.99. The SMILES string of the molecule is [O]=[Sn][CH]1C=CC=C1. The summed E-state index contributed by atoms with van der Waals surface area (Å²) in [6.07, 6.45) is 7.87. The molecule has 0 aromatic heterocycles. The number of rotatable bonds is 1. The minimum absolute atomic E-state index is 0.351. The van der Waals surface area contributed by atoms with Crippen molar-refractivity contribution in [2.24, 2.45) is 0 Å². The third-order valence-electron chi connectivity index (χ3n) is 0.884. The molecule has 2 heteroatoms. The van der Waals surface area contributed by atoms with Crippen molar-refractivity contribution in [2.45, 2.75) is 3.93 Å². The third kappa shape index (κ3) is 1.23. The average molecular weight is 200 g/mol. The first-order valence-electron chi connectivity index (χ1n) is 2.16. The molecule has 35 valence electrons. The van der Waals surface area contributed by atoms with Gasteiger partial charge in [-0.1, -0.05) is 0 Å². The molecule has 0 bridgehead atoms. The first-order valence-corrected chi connectivity index (χ1v) is 4.97. The Morgan fingerprint density at radius 1 is 1.29 bits per heavy atom. The van der Waals surface area contributed by atoms with Gasteiger partial charge in [-0.15, -0.1) is 0 Å². The predicted octanol–water partition coefficient (Wildman–Crippen LogP) is 0.951. The van der Waals surface area contributed by atoms with Crippen molar-refractivity contribution in [3.63, 3.8) is 0 Å². The van der Waals surface area contributed by atoms with Crippen molar-refractivity contribution < 1.29 is 3.08 Å². The standard InChI is InChI=1S/C5H5.O.Sn/c1-2-4-5-3-1;;/h1-5H;;. The second kappa shape index (κ2) is 2.40. The van der Waals surface area contributed by atoms with Crippen LogP contribution in [-0.2, 0) is 3.08 Å². The first-order chi connectivity index (χ1) is 3.43. The molecule has 0 aliphatic heterocycles. The molecule has 1 aliphatic carbocycles. The van der Waals surface area contributed by atoms with Crippen LogP contribution >= 0.6 is 0 Å². The Bertz CT molecular complexity index is 114. The van der Waals surface area contributed by atoms with Crippen molar-refractivity contribution in [2.75, 3.05) is 0 Å². The molecule has 0 aromatic rings. The number of hydrogen-bond acceptors (Lipinski definition) is 1. The van der Waals surface area contributed by atoms with Crippen molar-refractivity contribution >= 4 is 21.1 Å². The molecule has 0 spiro atoms. The normalized spacial score (nSPS) is 18.3. The van der Waals surface area contributed by atoms with Crippen LogP contribution in [0.1, 0.15) is 0 Å². The number of hydrogen-bond donors (Lipinski definition) is 0. The van der Waals surface area contributed by atoms with Crippen molar-refractivity contribution in [3.05, 3.63) is 24.3 Å². The van der Waals surface area contributed by atoms with Crippen LogP contribution in [0.4, 0.5) is 0 Å². The molecule has 1 nitrogen and oxygen atoms in total. The fourth-order valence-electron chi connectivity index (χ4n) is 0.510. The molecule has 0 saturated carbocycles. The van der Waals surface area contributed by atoms with E-state index in [9.17, 15) is 3.08 Å². The van der Waals surface area contributed by atoms with E-state index in [1.165, 1.54) is 0 Å². The fraction of sp³-hybridized carbons (Fsp3) is 0.200. The molecule has 7 heavy (non-hydrogen) atoms. The molecule has 0 heterocycles. The van der Waals surface area contributed by atoms with Gasteiger partial charge in [0.15, 0.2) is 0 Å². The molecule has 0 saturated heterocycles. The van der Waals surface area contributed by atoms with Crippen LogP contribution in [0.2, 0.25) is 3.93 Å². The topological polar surface area (TPSA) is 17.1 Å². The van der Waals surface area contributed by atoms with Gasteiger partial charge < -0.3 is 0 Å². The Morgan fingerprint density at radius 2 is 1.86 bits per heavy atom. The van der Waals surface area contributed by atoms with E-state index in [-0.39, 0.29) is 0 Å². The summed E-state index contributed by atoms with van der Waals surface area (Å²) in [6, 6.07) is 0. The third-order valence-corrected chi connectivity index (χ3v) is 2.76. The van der Waals surface area contributed by atoms with E-state index in [1.807, 2.05) is 24.3 Å². The van der Waals surface area contributed by atoms with Crippen LogP contribution < -0.4 is 0 Å². The molecule has 0 N–H and O–H groups in total. The quantitative estimate of drug-likeness (QED) is 0.575. The van der Waals surface area contributed by atoms with Crippen LogP contribution in [0, 0.1) is 0 Å². The maximum atomic E-state index is 10.2. The molecule has 0 amide bonds. The second-order valence-electron chi connectivity index (χ2n) is 1.41. The molecule has 0 aromatic carbocycles. The maximum absolute atomic E-state index is 10.2. The van der Waals surface area contributed by atoms with Crippen LogP contribution in [0.5, 0.6) is 0 Å². The molecule has 0 unspecified atom stereocenters. The summed E-state index contributed by atoms with van der Waals surface area (Å²) in [6.45, 7) is 0. The van der Waals surface area contributed by atoms with Crippen LogP contribution in [-0.4, -0.2) is 21.1 Å². The van der Waals surface area contributed by atoms with Gasteiger partial charge in [-0.25, -0.2) is 0 Å². The van der Waals surface area contributed by atoms with Gasteiger partial charge in [0.2, 0.25) is 0 Å². The summed E-state index contributed by atoms with van der Waals surface area (Å²) in [4.78, 5) is 0. The zero-order chi connectivity index (χ0) is 5.11. The van der Waals surface area contributed by atoms with Gasteiger partial charge in [0, 0.05) is 0 Å². The van der Waals surface area contributed by atoms with Gasteiger partial charge >= 0.3 is 52.4 Å². The average Bonchev–Trinajstić information content (AvgIpc) is 2.14. The number of allylic oxidation sites excluding steroid dienone is 4. The molecular formula is C5H5OSn. The zero-order valence-electron chi connectivity index (χ0n) is 3.79. The van der Waals surface area contributed by atoms with Crippen molar-refractivity contribution in [1.29, 1.82) is 0 Å². The monoisotopic (exact) mass is 201 g/mol. The van der Waals surface area contributed by atoms with Crippen LogP contribution in [0.15, 0.2) is 24.3 Å². The Kier molecular flexibility index (Phi) is 1.79. The van der Waals surface area contributed by atoms with E-state index in [2.05, 4.69) is 0 Å². The molecule has 0 fully saturated rings. The van der Waals surface area contributed by atoms with E-state index in [4.69, 9.17) is 0 Å². The molecule has 0 atom stereocenters. The molecule has 1 aliphatic rings. The van der Waals surface area contributed by atoms with E-state index < -0.39 is 21.1 Å². The van der Waals surface area contributed by atoms with Gasteiger partial charge in [0.05, 0.1) is 0 Å². The summed E-state index contributed by atoms with van der Waals surface area (Å²) < 4.78 is 10.6. The molecule has 1 rings (SSSR count). The van der Waals surface area contributed by atoms with E-state index in [0.29, 0.717) is 3.93 Å². The first kappa shape index (κ1) is 5.22. The van der Waals surface area contributed by atoms with Crippen LogP contribution in [0.3, 0.4) is 0 Å². The van der Waals surface area contributed by atoms with Gasteiger partial charge in [0.1, 0.15) is 0 Å². The summed E-state index contributed by atoms with van der Waals surface area (Å²) in [5, 5.41) is 0. The Balaban J connectivity index is 2.59. The minimum atomic E-state index is -1.26. The Morgan fingerprint density at radius 3 is 2.14 bits per heavy atom. The summed E-state index contributed by atoms with van der Waals surface area (Å²) in [5.74, 6) is 0. The predicted molar refractivity (Wildman–Crippen MR) is 28.5 cm³/mol. The Labute approximate surface area is 52.7 Å². The van der Waals surface area contributed by atoms with Crippen molar-refractivity contribution in [3.8, 4) is 0 Å². The summed E-state index contributed by atoms with van der Waals surface area (Å²) >= 11 is -1.26. The molecular weight excluding hydrogens is 195 g/mol. The summed E-state index contributed by atoms with van der Waals surface area (Å²) in [5.41, 5.74) is 0. The van der Waals surface area contributed by atoms with Crippen LogP contribution in [0.25, 0.3) is 0 Å². The van der Waals surface area contributed by atoms with Gasteiger partial charge in [-0.3, -0.25) is 0 Å². The Hall–Kier alpha value is 0.0787. The van der Waals surface area contributed by atoms with Crippen molar-refractivity contribution in [1.82, 2.24) is 0 Å². The van der Waals surface area contributed by atoms with Gasteiger partial charge in [-0.05, 0) is 0 Å².